The van der Waals surface area contributed by atoms with Crippen molar-refractivity contribution in [1.29, 1.82) is 0 Å². The molecule has 0 aliphatic carbocycles. The number of benzene rings is 1. The highest BCUT2D eigenvalue weighted by Crippen LogP contribution is 2.29. The largest absolute Gasteiger partial charge is 0.488 e. The maximum absolute atomic E-state index is 12.2. The number of nitrogens with one attached hydrogen (secondary N) is 2. The first kappa shape index (κ1) is 13.6. The quantitative estimate of drug-likeness (QED) is 0.883. The summed E-state index contributed by atoms with van der Waals surface area (Å²) in [7, 11) is 1.45. The van der Waals surface area contributed by atoms with E-state index >= 15 is 0 Å². The molecule has 1 aliphatic rings. The standard InChI is InChI=1S/C13H11BrN4O3/c1-20-13-16-12(17-18-13)15-11(19)8-4-7-5-9(14)2-3-10(7)21-6-8/h2-5H,6H2,1H3,(H2,15,16,17,18,19). The fourth-order valence-electron chi connectivity index (χ4n) is 1.86. The number of ether oxygens (including phenoxy) is 2. The molecule has 0 fully saturated rings. The number of hydrogen-bond donors (Lipinski definition) is 2. The van der Waals surface area contributed by atoms with E-state index in [9.17, 15) is 4.79 Å². The fraction of sp³-hybridized carbons (Fsp3) is 0.154. The van der Waals surface area contributed by atoms with Crippen molar-refractivity contribution in [3.63, 3.8) is 0 Å². The molecular formula is C13H11BrN4O3. The Morgan fingerprint density at radius 1 is 1.52 bits per heavy atom. The number of aromatic nitrogens is 3. The number of carbonyl (C=O) groups excluding carboxylic acids is 1. The van der Waals surface area contributed by atoms with E-state index < -0.39 is 0 Å². The first-order valence-electron chi connectivity index (χ1n) is 6.06. The van der Waals surface area contributed by atoms with Crippen LogP contribution in [0.4, 0.5) is 5.95 Å². The molecule has 0 saturated heterocycles. The summed E-state index contributed by atoms with van der Waals surface area (Å²) in [6, 6.07) is 5.79. The normalized spacial score (nSPS) is 13.0. The number of hydrogen-bond acceptors (Lipinski definition) is 5. The van der Waals surface area contributed by atoms with Gasteiger partial charge in [-0.15, -0.1) is 5.10 Å². The maximum atomic E-state index is 12.2. The van der Waals surface area contributed by atoms with Gasteiger partial charge in [0, 0.05) is 10.0 Å². The zero-order valence-electron chi connectivity index (χ0n) is 11.0. The Hall–Kier alpha value is -2.35. The molecule has 1 aromatic carbocycles. The smallest absolute Gasteiger partial charge is 0.336 e. The van der Waals surface area contributed by atoms with Crippen molar-refractivity contribution in [2.45, 2.75) is 0 Å². The van der Waals surface area contributed by atoms with Crippen LogP contribution in [0.5, 0.6) is 11.8 Å². The van der Waals surface area contributed by atoms with Crippen molar-refractivity contribution in [2.24, 2.45) is 0 Å². The minimum atomic E-state index is -0.306. The SMILES string of the molecule is COc1n[nH]c(NC(=O)C2=Cc3cc(Br)ccc3OC2)n1. The highest BCUT2D eigenvalue weighted by Gasteiger charge is 2.18. The van der Waals surface area contributed by atoms with Crippen LogP contribution in [-0.4, -0.2) is 34.8 Å². The van der Waals surface area contributed by atoms with Gasteiger partial charge in [0.1, 0.15) is 12.4 Å². The van der Waals surface area contributed by atoms with E-state index in [-0.39, 0.29) is 24.5 Å². The van der Waals surface area contributed by atoms with E-state index in [1.807, 2.05) is 18.2 Å². The molecule has 21 heavy (non-hydrogen) atoms. The Morgan fingerprint density at radius 3 is 3.14 bits per heavy atom. The Morgan fingerprint density at radius 2 is 2.38 bits per heavy atom. The number of halogens is 1. The molecule has 2 N–H and O–H groups in total. The van der Waals surface area contributed by atoms with E-state index in [1.165, 1.54) is 7.11 Å². The van der Waals surface area contributed by atoms with Crippen LogP contribution in [0.15, 0.2) is 28.2 Å². The Bertz CT molecular complexity index is 726. The lowest BCUT2D eigenvalue weighted by atomic mass is 10.1. The van der Waals surface area contributed by atoms with Gasteiger partial charge in [-0.25, -0.2) is 5.10 Å². The average molecular weight is 351 g/mol. The molecule has 2 heterocycles. The van der Waals surface area contributed by atoms with Crippen LogP contribution in [0.1, 0.15) is 5.56 Å². The van der Waals surface area contributed by atoms with Gasteiger partial charge in [-0.05, 0) is 24.3 Å². The Kier molecular flexibility index (Phi) is 3.61. The molecule has 0 radical (unpaired) electrons. The number of anilines is 1. The molecule has 0 atom stereocenters. The van der Waals surface area contributed by atoms with Gasteiger partial charge in [0.15, 0.2) is 0 Å². The number of amides is 1. The minimum Gasteiger partial charge on any atom is -0.488 e. The zero-order chi connectivity index (χ0) is 14.8. The third-order valence-electron chi connectivity index (χ3n) is 2.86. The Labute approximate surface area is 128 Å². The van der Waals surface area contributed by atoms with Crippen molar-refractivity contribution >= 4 is 33.9 Å². The molecule has 1 aliphatic heterocycles. The van der Waals surface area contributed by atoms with Gasteiger partial charge < -0.3 is 9.47 Å². The number of fused-ring (bicyclic) bond motifs is 1. The van der Waals surface area contributed by atoms with Gasteiger partial charge in [0.2, 0.25) is 5.95 Å². The van der Waals surface area contributed by atoms with E-state index in [2.05, 4.69) is 36.4 Å². The molecule has 108 valence electrons. The van der Waals surface area contributed by atoms with Crippen LogP contribution in [0.2, 0.25) is 0 Å². The Balaban J connectivity index is 1.79. The molecule has 1 aromatic heterocycles. The molecule has 8 heteroatoms. The summed E-state index contributed by atoms with van der Waals surface area (Å²) in [6.07, 6.45) is 1.78. The topological polar surface area (TPSA) is 89.1 Å². The highest BCUT2D eigenvalue weighted by atomic mass is 79.9. The zero-order valence-corrected chi connectivity index (χ0v) is 12.6. The number of methoxy groups -OCH3 is 1. The number of aromatic amines is 1. The molecule has 2 aromatic rings. The van der Waals surface area contributed by atoms with Gasteiger partial charge in [-0.3, -0.25) is 10.1 Å². The molecular weight excluding hydrogens is 340 g/mol. The number of nitrogens with zero attached hydrogens (tertiary/aromatic N) is 2. The highest BCUT2D eigenvalue weighted by molar-refractivity contribution is 9.10. The van der Waals surface area contributed by atoms with Gasteiger partial charge in [0.05, 0.1) is 12.7 Å². The van der Waals surface area contributed by atoms with Crippen molar-refractivity contribution in [3.8, 4) is 11.8 Å². The van der Waals surface area contributed by atoms with Crippen LogP contribution >= 0.6 is 15.9 Å². The molecule has 0 unspecified atom stereocenters. The fourth-order valence-corrected chi connectivity index (χ4v) is 2.24. The monoisotopic (exact) mass is 350 g/mol. The second kappa shape index (κ2) is 5.57. The van der Waals surface area contributed by atoms with Crippen molar-refractivity contribution in [1.82, 2.24) is 15.2 Å². The van der Waals surface area contributed by atoms with Crippen LogP contribution in [0.3, 0.4) is 0 Å². The van der Waals surface area contributed by atoms with Gasteiger partial charge >= 0.3 is 6.01 Å². The summed E-state index contributed by atoms with van der Waals surface area (Å²) in [4.78, 5) is 16.1. The van der Waals surface area contributed by atoms with E-state index in [1.54, 1.807) is 6.08 Å². The van der Waals surface area contributed by atoms with E-state index in [4.69, 9.17) is 9.47 Å². The van der Waals surface area contributed by atoms with E-state index in [0.29, 0.717) is 5.57 Å². The van der Waals surface area contributed by atoms with Crippen molar-refractivity contribution in [2.75, 3.05) is 19.0 Å². The van der Waals surface area contributed by atoms with E-state index in [0.717, 1.165) is 15.8 Å². The van der Waals surface area contributed by atoms with Gasteiger partial charge in [-0.1, -0.05) is 15.9 Å². The summed E-state index contributed by atoms with van der Waals surface area (Å²) >= 11 is 3.39. The predicted octanol–water partition coefficient (Wildman–Crippen LogP) is 1.99. The average Bonchev–Trinajstić information content (AvgIpc) is 2.94. The molecule has 0 spiro atoms. The lowest BCUT2D eigenvalue weighted by Crippen LogP contribution is -2.21. The third kappa shape index (κ3) is 2.89. The lowest BCUT2D eigenvalue weighted by molar-refractivity contribution is -0.113. The number of H-pyrrole nitrogens is 1. The van der Waals surface area contributed by atoms with Crippen LogP contribution in [0.25, 0.3) is 6.08 Å². The molecule has 7 nitrogen and oxygen atoms in total. The minimum absolute atomic E-state index is 0.161. The summed E-state index contributed by atoms with van der Waals surface area (Å²) in [5, 5.41) is 8.92. The van der Waals surface area contributed by atoms with Gasteiger partial charge in [-0.2, -0.15) is 4.98 Å². The summed E-state index contributed by atoms with van der Waals surface area (Å²) in [5.41, 5.74) is 1.34. The van der Waals surface area contributed by atoms with Crippen LogP contribution < -0.4 is 14.8 Å². The predicted molar refractivity (Wildman–Crippen MR) is 79.2 cm³/mol. The van der Waals surface area contributed by atoms with Crippen LogP contribution in [-0.2, 0) is 4.79 Å². The molecule has 3 rings (SSSR count). The van der Waals surface area contributed by atoms with Gasteiger partial charge in [0.25, 0.3) is 5.91 Å². The van der Waals surface area contributed by atoms with Crippen LogP contribution in [0, 0.1) is 0 Å². The first-order chi connectivity index (χ1) is 10.2. The molecule has 0 bridgehead atoms. The number of carbonyl (C=O) groups is 1. The summed E-state index contributed by atoms with van der Waals surface area (Å²) in [5.74, 6) is 0.660. The van der Waals surface area contributed by atoms with Crippen molar-refractivity contribution in [3.05, 3.63) is 33.8 Å². The second-order valence-electron chi connectivity index (χ2n) is 4.27. The molecule has 1 amide bonds. The summed E-state index contributed by atoms with van der Waals surface area (Å²) in [6.45, 7) is 0.200. The number of rotatable bonds is 3. The first-order valence-corrected chi connectivity index (χ1v) is 6.85. The third-order valence-corrected chi connectivity index (χ3v) is 3.35. The summed E-state index contributed by atoms with van der Waals surface area (Å²) < 4.78 is 11.3. The second-order valence-corrected chi connectivity index (χ2v) is 5.18. The molecule has 0 saturated carbocycles. The van der Waals surface area contributed by atoms with Crippen molar-refractivity contribution < 1.29 is 14.3 Å². The maximum Gasteiger partial charge on any atom is 0.336 e. The lowest BCUT2D eigenvalue weighted by Gasteiger charge is -2.17.